The molecule has 0 aromatic heterocycles. The molecule has 0 saturated carbocycles. The van der Waals surface area contributed by atoms with Gasteiger partial charge in [0.2, 0.25) is 5.91 Å². The Balaban J connectivity index is 2.61. The van der Waals surface area contributed by atoms with Crippen LogP contribution in [0.3, 0.4) is 0 Å². The van der Waals surface area contributed by atoms with Gasteiger partial charge in [0.1, 0.15) is 0 Å². The van der Waals surface area contributed by atoms with E-state index in [1.165, 1.54) is 0 Å². The largest absolute Gasteiger partial charge is 0.338 e. The van der Waals surface area contributed by atoms with Gasteiger partial charge in [-0.25, -0.2) is 0 Å². The van der Waals surface area contributed by atoms with E-state index in [0.29, 0.717) is 0 Å². The lowest BCUT2D eigenvalue weighted by atomic mass is 10.1. The normalized spacial score (nSPS) is 25.3. The van der Waals surface area contributed by atoms with Crippen molar-refractivity contribution in [2.24, 2.45) is 11.7 Å². The molecular weight excluding hydrogens is 214 g/mol. The second kappa shape index (κ2) is 6.17. The molecule has 3 atom stereocenters. The summed E-state index contributed by atoms with van der Waals surface area (Å²) >= 11 is 0. The molecule has 0 bridgehead atoms. The lowest BCUT2D eigenvalue weighted by Crippen LogP contribution is -2.46. The number of amides is 1. The Morgan fingerprint density at radius 2 is 2.12 bits per heavy atom. The van der Waals surface area contributed by atoms with Gasteiger partial charge in [0.25, 0.3) is 0 Å². The standard InChI is InChI=1S/C13H25N3O/c1-5-16(10(2)9-15(3)4)13(17)11-6-7-12(14)8-11/h6-7,10-12H,5,8-9,14H2,1-4H3. The third kappa shape index (κ3) is 3.82. The zero-order valence-corrected chi connectivity index (χ0v) is 11.4. The van der Waals surface area contributed by atoms with Crippen molar-refractivity contribution in [2.45, 2.75) is 32.4 Å². The molecule has 0 saturated heterocycles. The molecule has 3 unspecified atom stereocenters. The maximum atomic E-state index is 12.3. The zero-order valence-electron chi connectivity index (χ0n) is 11.4. The Bertz CT molecular complexity index is 288. The topological polar surface area (TPSA) is 49.6 Å². The molecule has 98 valence electrons. The lowest BCUT2D eigenvalue weighted by molar-refractivity contribution is -0.136. The van der Waals surface area contributed by atoms with Crippen molar-refractivity contribution in [3.05, 3.63) is 12.2 Å². The van der Waals surface area contributed by atoms with Gasteiger partial charge in [0.15, 0.2) is 0 Å². The Morgan fingerprint density at radius 1 is 1.47 bits per heavy atom. The number of carbonyl (C=O) groups is 1. The molecule has 17 heavy (non-hydrogen) atoms. The van der Waals surface area contributed by atoms with Gasteiger partial charge >= 0.3 is 0 Å². The van der Waals surface area contributed by atoms with Crippen molar-refractivity contribution in [1.29, 1.82) is 0 Å². The molecule has 0 aromatic rings. The average molecular weight is 239 g/mol. The molecule has 2 N–H and O–H groups in total. The minimum absolute atomic E-state index is 0.0189. The van der Waals surface area contributed by atoms with Crippen molar-refractivity contribution in [1.82, 2.24) is 9.80 Å². The van der Waals surface area contributed by atoms with E-state index in [2.05, 4.69) is 11.8 Å². The summed E-state index contributed by atoms with van der Waals surface area (Å²) in [4.78, 5) is 16.4. The molecule has 1 aliphatic carbocycles. The fraction of sp³-hybridized carbons (Fsp3) is 0.769. The van der Waals surface area contributed by atoms with Crippen LogP contribution in [0.15, 0.2) is 12.2 Å². The number of rotatable bonds is 5. The van der Waals surface area contributed by atoms with Crippen LogP contribution in [0.5, 0.6) is 0 Å². The van der Waals surface area contributed by atoms with Crippen LogP contribution < -0.4 is 5.73 Å². The summed E-state index contributed by atoms with van der Waals surface area (Å²) in [5.41, 5.74) is 5.80. The third-order valence-electron chi connectivity index (χ3n) is 3.22. The van der Waals surface area contributed by atoms with Crippen LogP contribution in [0.2, 0.25) is 0 Å². The van der Waals surface area contributed by atoms with Gasteiger partial charge in [-0.3, -0.25) is 4.79 Å². The highest BCUT2D eigenvalue weighted by Gasteiger charge is 2.28. The van der Waals surface area contributed by atoms with Gasteiger partial charge in [0, 0.05) is 25.2 Å². The monoisotopic (exact) mass is 239 g/mol. The summed E-state index contributed by atoms with van der Waals surface area (Å²) < 4.78 is 0. The van der Waals surface area contributed by atoms with Gasteiger partial charge in [0.05, 0.1) is 5.92 Å². The van der Waals surface area contributed by atoms with Crippen molar-refractivity contribution in [3.63, 3.8) is 0 Å². The second-order valence-corrected chi connectivity index (χ2v) is 5.13. The van der Waals surface area contributed by atoms with Crippen LogP contribution in [0, 0.1) is 5.92 Å². The molecular formula is C13H25N3O. The van der Waals surface area contributed by atoms with E-state index in [-0.39, 0.29) is 23.9 Å². The molecule has 0 radical (unpaired) electrons. The van der Waals surface area contributed by atoms with Crippen LogP contribution in [0.25, 0.3) is 0 Å². The maximum Gasteiger partial charge on any atom is 0.229 e. The third-order valence-corrected chi connectivity index (χ3v) is 3.22. The summed E-state index contributed by atoms with van der Waals surface area (Å²) in [5.74, 6) is 0.195. The quantitative estimate of drug-likeness (QED) is 0.718. The molecule has 0 fully saturated rings. The van der Waals surface area contributed by atoms with Gasteiger partial charge in [-0.1, -0.05) is 12.2 Å². The minimum Gasteiger partial charge on any atom is -0.338 e. The summed E-state index contributed by atoms with van der Waals surface area (Å²) in [6.45, 7) is 5.78. The van der Waals surface area contributed by atoms with E-state index in [9.17, 15) is 4.79 Å². The summed E-state index contributed by atoms with van der Waals surface area (Å²) in [7, 11) is 4.06. The number of carbonyl (C=O) groups excluding carboxylic acids is 1. The van der Waals surface area contributed by atoms with E-state index >= 15 is 0 Å². The molecule has 1 aliphatic rings. The van der Waals surface area contributed by atoms with Crippen LogP contribution in [0.4, 0.5) is 0 Å². The first-order valence-corrected chi connectivity index (χ1v) is 6.34. The molecule has 4 heteroatoms. The molecule has 0 heterocycles. The predicted octanol–water partition coefficient (Wildman–Crippen LogP) is 0.688. The van der Waals surface area contributed by atoms with E-state index in [1.807, 2.05) is 38.1 Å². The molecule has 0 aromatic carbocycles. The Hall–Kier alpha value is -0.870. The molecule has 4 nitrogen and oxygen atoms in total. The average Bonchev–Trinajstić information content (AvgIpc) is 2.64. The fourth-order valence-electron chi connectivity index (χ4n) is 2.44. The van der Waals surface area contributed by atoms with Crippen molar-refractivity contribution < 1.29 is 4.79 Å². The van der Waals surface area contributed by atoms with Crippen LogP contribution in [-0.2, 0) is 4.79 Å². The first kappa shape index (κ1) is 14.2. The predicted molar refractivity (Wildman–Crippen MR) is 70.6 cm³/mol. The highest BCUT2D eigenvalue weighted by molar-refractivity contribution is 5.81. The van der Waals surface area contributed by atoms with Crippen LogP contribution in [-0.4, -0.2) is 55.0 Å². The number of nitrogens with zero attached hydrogens (tertiary/aromatic N) is 2. The number of likely N-dealkylation sites (N-methyl/N-ethyl adjacent to an activating group) is 2. The highest BCUT2D eigenvalue weighted by Crippen LogP contribution is 2.20. The smallest absolute Gasteiger partial charge is 0.229 e. The molecule has 0 spiro atoms. The van der Waals surface area contributed by atoms with Crippen molar-refractivity contribution in [3.8, 4) is 0 Å². The second-order valence-electron chi connectivity index (χ2n) is 5.13. The SMILES string of the molecule is CCN(C(=O)C1C=CC(N)C1)C(C)CN(C)C. The van der Waals surface area contributed by atoms with Gasteiger partial charge in [-0.15, -0.1) is 0 Å². The van der Waals surface area contributed by atoms with E-state index < -0.39 is 0 Å². The Morgan fingerprint density at radius 3 is 2.53 bits per heavy atom. The first-order valence-electron chi connectivity index (χ1n) is 6.34. The number of hydrogen-bond acceptors (Lipinski definition) is 3. The molecule has 1 rings (SSSR count). The Kier molecular flexibility index (Phi) is 5.15. The minimum atomic E-state index is -0.0189. The van der Waals surface area contributed by atoms with Gasteiger partial charge in [-0.05, 0) is 34.4 Å². The van der Waals surface area contributed by atoms with Crippen LogP contribution >= 0.6 is 0 Å². The van der Waals surface area contributed by atoms with Crippen molar-refractivity contribution in [2.75, 3.05) is 27.2 Å². The maximum absolute atomic E-state index is 12.3. The summed E-state index contributed by atoms with van der Waals surface area (Å²) in [6.07, 6.45) is 4.65. The van der Waals surface area contributed by atoms with Gasteiger partial charge < -0.3 is 15.5 Å². The highest BCUT2D eigenvalue weighted by atomic mass is 16.2. The van der Waals surface area contributed by atoms with E-state index in [1.54, 1.807) is 0 Å². The van der Waals surface area contributed by atoms with E-state index in [0.717, 1.165) is 19.5 Å². The fourth-order valence-corrected chi connectivity index (χ4v) is 2.44. The lowest BCUT2D eigenvalue weighted by Gasteiger charge is -2.32. The summed E-state index contributed by atoms with van der Waals surface area (Å²) in [6, 6.07) is 0.291. The first-order chi connectivity index (χ1) is 7.95. The zero-order chi connectivity index (χ0) is 13.0. The van der Waals surface area contributed by atoms with Crippen LogP contribution in [0.1, 0.15) is 20.3 Å². The van der Waals surface area contributed by atoms with Crippen molar-refractivity contribution >= 4 is 5.91 Å². The Labute approximate surface area is 104 Å². The molecule has 1 amide bonds. The number of nitrogens with two attached hydrogens (primary N) is 1. The van der Waals surface area contributed by atoms with E-state index in [4.69, 9.17) is 5.73 Å². The van der Waals surface area contributed by atoms with Gasteiger partial charge in [-0.2, -0.15) is 0 Å². The molecule has 0 aliphatic heterocycles. The summed E-state index contributed by atoms with van der Waals surface area (Å²) in [5, 5.41) is 0. The number of hydrogen-bond donors (Lipinski definition) is 1.